The molecule has 0 heterocycles. The zero-order valence-electron chi connectivity index (χ0n) is 10.9. The van der Waals surface area contributed by atoms with E-state index in [0.717, 1.165) is 5.56 Å². The van der Waals surface area contributed by atoms with Crippen LogP contribution in [0.2, 0.25) is 0 Å². The monoisotopic (exact) mass is 235 g/mol. The van der Waals surface area contributed by atoms with Gasteiger partial charge in [0.2, 0.25) is 0 Å². The number of rotatable bonds is 4. The number of nitrogens with one attached hydrogen (secondary N) is 1. The Labute approximate surface area is 103 Å². The number of carbonyl (C=O) groups excluding carboxylic acids is 1. The van der Waals surface area contributed by atoms with E-state index in [1.807, 2.05) is 19.9 Å². The molecular formula is C14H21NO2. The molecule has 0 fully saturated rings. The fourth-order valence-corrected chi connectivity index (χ4v) is 1.44. The molecule has 1 aromatic rings. The lowest BCUT2D eigenvalue weighted by Crippen LogP contribution is -2.27. The van der Waals surface area contributed by atoms with Gasteiger partial charge in [-0.25, -0.2) is 0 Å². The molecule has 17 heavy (non-hydrogen) atoms. The van der Waals surface area contributed by atoms with Crippen molar-refractivity contribution >= 4 is 5.91 Å². The molecule has 1 aromatic carbocycles. The Bertz CT molecular complexity index is 391. The van der Waals surface area contributed by atoms with Crippen molar-refractivity contribution < 1.29 is 9.90 Å². The highest BCUT2D eigenvalue weighted by Gasteiger charge is 2.17. The van der Waals surface area contributed by atoms with Gasteiger partial charge >= 0.3 is 0 Å². The second-order valence-corrected chi connectivity index (χ2v) is 5.24. The van der Waals surface area contributed by atoms with Crippen molar-refractivity contribution in [3.63, 3.8) is 0 Å². The number of carbonyl (C=O) groups is 1. The maximum Gasteiger partial charge on any atom is 0.251 e. The van der Waals surface area contributed by atoms with Gasteiger partial charge in [-0.15, -0.1) is 0 Å². The van der Waals surface area contributed by atoms with Gasteiger partial charge in [0.25, 0.3) is 5.91 Å². The maximum atomic E-state index is 11.8. The zero-order valence-corrected chi connectivity index (χ0v) is 10.9. The third-order valence-electron chi connectivity index (χ3n) is 2.50. The summed E-state index contributed by atoms with van der Waals surface area (Å²) in [5.41, 5.74) is 0.411. The van der Waals surface area contributed by atoms with E-state index in [0.29, 0.717) is 18.0 Å². The van der Waals surface area contributed by atoms with Crippen LogP contribution >= 0.6 is 0 Å². The molecule has 3 nitrogen and oxygen atoms in total. The first kappa shape index (κ1) is 13.7. The minimum absolute atomic E-state index is 0.0928. The summed E-state index contributed by atoms with van der Waals surface area (Å²) in [7, 11) is 0. The number of hydrogen-bond acceptors (Lipinski definition) is 2. The van der Waals surface area contributed by atoms with E-state index in [4.69, 9.17) is 0 Å². The van der Waals surface area contributed by atoms with Gasteiger partial charge in [0.15, 0.2) is 0 Å². The second kappa shape index (κ2) is 5.32. The highest BCUT2D eigenvalue weighted by molar-refractivity contribution is 5.94. The molecule has 3 heteroatoms. The minimum atomic E-state index is -0.922. The van der Waals surface area contributed by atoms with Crippen LogP contribution in [0, 0.1) is 5.92 Å². The van der Waals surface area contributed by atoms with Crippen LogP contribution in [0.4, 0.5) is 0 Å². The minimum Gasteiger partial charge on any atom is -0.386 e. The van der Waals surface area contributed by atoms with E-state index in [1.54, 1.807) is 32.0 Å². The topological polar surface area (TPSA) is 49.3 Å². The molecule has 0 atom stereocenters. The lowest BCUT2D eigenvalue weighted by Gasteiger charge is -2.18. The summed E-state index contributed by atoms with van der Waals surface area (Å²) in [6, 6.07) is 7.09. The van der Waals surface area contributed by atoms with Gasteiger partial charge in [0, 0.05) is 12.1 Å². The molecule has 0 saturated heterocycles. The second-order valence-electron chi connectivity index (χ2n) is 5.24. The van der Waals surface area contributed by atoms with E-state index in [2.05, 4.69) is 5.32 Å². The van der Waals surface area contributed by atoms with Gasteiger partial charge in [-0.2, -0.15) is 0 Å². The first-order chi connectivity index (χ1) is 7.80. The van der Waals surface area contributed by atoms with Crippen molar-refractivity contribution in [1.29, 1.82) is 0 Å². The molecule has 1 rings (SSSR count). The molecule has 0 bridgehead atoms. The van der Waals surface area contributed by atoms with Crippen LogP contribution in [0.3, 0.4) is 0 Å². The van der Waals surface area contributed by atoms with Gasteiger partial charge in [-0.3, -0.25) is 4.79 Å². The molecule has 0 aromatic heterocycles. The Hall–Kier alpha value is -1.35. The summed E-state index contributed by atoms with van der Waals surface area (Å²) >= 11 is 0. The lowest BCUT2D eigenvalue weighted by molar-refractivity contribution is 0.0784. The molecule has 1 amide bonds. The van der Waals surface area contributed by atoms with Crippen LogP contribution in [0.1, 0.15) is 43.6 Å². The molecule has 2 N–H and O–H groups in total. The van der Waals surface area contributed by atoms with Crippen molar-refractivity contribution in [2.75, 3.05) is 6.54 Å². The Morgan fingerprint density at radius 2 is 2.06 bits per heavy atom. The smallest absolute Gasteiger partial charge is 0.251 e. The highest BCUT2D eigenvalue weighted by Crippen LogP contribution is 2.20. The fourth-order valence-electron chi connectivity index (χ4n) is 1.44. The van der Waals surface area contributed by atoms with Crippen molar-refractivity contribution in [3.8, 4) is 0 Å². The van der Waals surface area contributed by atoms with Gasteiger partial charge in [0.1, 0.15) is 0 Å². The van der Waals surface area contributed by atoms with Crippen LogP contribution in [0.25, 0.3) is 0 Å². The predicted molar refractivity (Wildman–Crippen MR) is 68.9 cm³/mol. The van der Waals surface area contributed by atoms with Crippen LogP contribution in [-0.2, 0) is 5.60 Å². The fraction of sp³-hybridized carbons (Fsp3) is 0.500. The normalized spacial score (nSPS) is 11.6. The third-order valence-corrected chi connectivity index (χ3v) is 2.50. The van der Waals surface area contributed by atoms with E-state index in [9.17, 15) is 9.90 Å². The van der Waals surface area contributed by atoms with E-state index in [-0.39, 0.29) is 5.91 Å². The predicted octanol–water partition coefficient (Wildman–Crippen LogP) is 2.30. The summed E-state index contributed by atoms with van der Waals surface area (Å²) in [5, 5.41) is 12.7. The Balaban J connectivity index is 2.81. The first-order valence-electron chi connectivity index (χ1n) is 5.92. The standard InChI is InChI=1S/C14H21NO2/c1-10(2)9-15-13(16)11-6-5-7-12(8-11)14(3,4)17/h5-8,10,17H,9H2,1-4H3,(H,15,16). The quantitative estimate of drug-likeness (QED) is 0.841. The van der Waals surface area contributed by atoms with Crippen LogP contribution in [0.5, 0.6) is 0 Å². The van der Waals surface area contributed by atoms with Crippen molar-refractivity contribution in [1.82, 2.24) is 5.32 Å². The summed E-state index contributed by atoms with van der Waals surface area (Å²) in [4.78, 5) is 11.8. The third kappa shape index (κ3) is 4.19. The van der Waals surface area contributed by atoms with Gasteiger partial charge in [-0.05, 0) is 37.5 Å². The number of amides is 1. The molecule has 94 valence electrons. The Morgan fingerprint density at radius 1 is 1.41 bits per heavy atom. The SMILES string of the molecule is CC(C)CNC(=O)c1cccc(C(C)(C)O)c1. The van der Waals surface area contributed by atoms with Crippen molar-refractivity contribution in [3.05, 3.63) is 35.4 Å². The highest BCUT2D eigenvalue weighted by atomic mass is 16.3. The van der Waals surface area contributed by atoms with Crippen molar-refractivity contribution in [2.45, 2.75) is 33.3 Å². The Kier molecular flexibility index (Phi) is 4.29. The molecule has 0 unspecified atom stereocenters. The van der Waals surface area contributed by atoms with Crippen LogP contribution in [-0.4, -0.2) is 17.6 Å². The molecule has 0 aliphatic rings. The van der Waals surface area contributed by atoms with Crippen LogP contribution < -0.4 is 5.32 Å². The number of aliphatic hydroxyl groups is 1. The lowest BCUT2D eigenvalue weighted by atomic mass is 9.96. The van der Waals surface area contributed by atoms with E-state index >= 15 is 0 Å². The number of benzene rings is 1. The largest absolute Gasteiger partial charge is 0.386 e. The summed E-state index contributed by atoms with van der Waals surface area (Å²) in [6.45, 7) is 8.17. The van der Waals surface area contributed by atoms with Gasteiger partial charge in [0.05, 0.1) is 5.60 Å². The van der Waals surface area contributed by atoms with Gasteiger partial charge in [-0.1, -0.05) is 26.0 Å². The molecule has 0 radical (unpaired) electrons. The van der Waals surface area contributed by atoms with Crippen LogP contribution in [0.15, 0.2) is 24.3 Å². The van der Waals surface area contributed by atoms with E-state index < -0.39 is 5.60 Å². The first-order valence-corrected chi connectivity index (χ1v) is 5.92. The molecular weight excluding hydrogens is 214 g/mol. The van der Waals surface area contributed by atoms with E-state index in [1.165, 1.54) is 0 Å². The summed E-state index contributed by atoms with van der Waals surface area (Å²) in [6.07, 6.45) is 0. The summed E-state index contributed by atoms with van der Waals surface area (Å²) in [5.74, 6) is 0.334. The molecule has 0 aliphatic carbocycles. The molecule has 0 saturated carbocycles. The average molecular weight is 235 g/mol. The molecule has 0 aliphatic heterocycles. The number of hydrogen-bond donors (Lipinski definition) is 2. The Morgan fingerprint density at radius 3 is 2.59 bits per heavy atom. The summed E-state index contributed by atoms with van der Waals surface area (Å²) < 4.78 is 0. The zero-order chi connectivity index (χ0) is 13.1. The molecule has 0 spiro atoms. The van der Waals surface area contributed by atoms with Gasteiger partial charge < -0.3 is 10.4 Å². The van der Waals surface area contributed by atoms with Crippen molar-refractivity contribution in [2.24, 2.45) is 5.92 Å². The average Bonchev–Trinajstić information content (AvgIpc) is 2.25. The maximum absolute atomic E-state index is 11.8.